The quantitative estimate of drug-likeness (QED) is 0.853. The second-order valence-electron chi connectivity index (χ2n) is 5.88. The van der Waals surface area contributed by atoms with Crippen LogP contribution in [0.25, 0.3) is 0 Å². The topological polar surface area (TPSA) is 44.4 Å². The van der Waals surface area contributed by atoms with E-state index in [1.54, 1.807) is 0 Å². The molecule has 1 aromatic rings. The molecule has 6 heteroatoms. The number of hydrogen-bond donors (Lipinski definition) is 2. The van der Waals surface area contributed by atoms with Crippen LogP contribution in [0.15, 0.2) is 22.7 Å². The van der Waals surface area contributed by atoms with Gasteiger partial charge in [0.15, 0.2) is 0 Å². The van der Waals surface area contributed by atoms with Gasteiger partial charge in [0.05, 0.1) is 6.54 Å². The average Bonchev–Trinajstić information content (AvgIpc) is 2.94. The van der Waals surface area contributed by atoms with E-state index >= 15 is 0 Å². The molecule has 21 heavy (non-hydrogen) atoms. The summed E-state index contributed by atoms with van der Waals surface area (Å²) in [5.74, 6) is 1.55. The molecule has 0 unspecified atom stereocenters. The number of amides is 1. The molecule has 2 heterocycles. The summed E-state index contributed by atoms with van der Waals surface area (Å²) < 4.78 is 1.07. The Hall–Kier alpha value is -0.620. The fraction of sp³-hybridized carbons (Fsp3) is 0.533. The average molecular weight is 375 g/mol. The van der Waals surface area contributed by atoms with Crippen LogP contribution in [0.2, 0.25) is 0 Å². The van der Waals surface area contributed by atoms with Crippen molar-refractivity contribution in [3.8, 4) is 0 Å². The van der Waals surface area contributed by atoms with Crippen LogP contribution >= 0.6 is 28.3 Å². The van der Waals surface area contributed by atoms with Crippen molar-refractivity contribution in [2.75, 3.05) is 38.0 Å². The van der Waals surface area contributed by atoms with E-state index in [0.29, 0.717) is 6.54 Å². The highest BCUT2D eigenvalue weighted by atomic mass is 79.9. The van der Waals surface area contributed by atoms with Gasteiger partial charge in [0.1, 0.15) is 0 Å². The predicted molar refractivity (Wildman–Crippen MR) is 91.0 cm³/mol. The summed E-state index contributed by atoms with van der Waals surface area (Å²) >= 11 is 3.47. The molecular formula is C15H21BrClN3O. The molecule has 2 fully saturated rings. The number of fused-ring (bicyclic) bond motifs is 1. The van der Waals surface area contributed by atoms with Crippen LogP contribution in [0.3, 0.4) is 0 Å². The van der Waals surface area contributed by atoms with E-state index in [-0.39, 0.29) is 18.3 Å². The number of carbonyl (C=O) groups excluding carboxylic acids is 1. The van der Waals surface area contributed by atoms with Crippen LogP contribution in [0.1, 0.15) is 5.56 Å². The number of nitrogens with one attached hydrogen (secondary N) is 2. The van der Waals surface area contributed by atoms with Crippen molar-refractivity contribution in [3.63, 3.8) is 0 Å². The Morgan fingerprint density at radius 3 is 2.67 bits per heavy atom. The van der Waals surface area contributed by atoms with Crippen LogP contribution in [-0.4, -0.2) is 43.5 Å². The molecule has 2 saturated heterocycles. The first-order valence-electron chi connectivity index (χ1n) is 7.11. The smallest absolute Gasteiger partial charge is 0.238 e. The summed E-state index contributed by atoms with van der Waals surface area (Å²) in [6.07, 6.45) is 0. The number of benzene rings is 1. The van der Waals surface area contributed by atoms with E-state index in [1.165, 1.54) is 0 Å². The SMILES string of the molecule is Cc1cc(NC(=O)CN2C[C@H]3CNC[C@H]3C2)ccc1Br.Cl. The van der Waals surface area contributed by atoms with E-state index in [0.717, 1.165) is 53.7 Å². The number of hydrogen-bond acceptors (Lipinski definition) is 3. The molecule has 3 rings (SSSR count). The first kappa shape index (κ1) is 16.7. The Labute approximate surface area is 140 Å². The molecule has 116 valence electrons. The Balaban J connectivity index is 0.00000161. The van der Waals surface area contributed by atoms with Gasteiger partial charge < -0.3 is 10.6 Å². The molecule has 0 aliphatic carbocycles. The van der Waals surface area contributed by atoms with Crippen molar-refractivity contribution < 1.29 is 4.79 Å². The Morgan fingerprint density at radius 1 is 1.38 bits per heavy atom. The van der Waals surface area contributed by atoms with Crippen molar-refractivity contribution in [2.45, 2.75) is 6.92 Å². The number of likely N-dealkylation sites (tertiary alicyclic amines) is 1. The van der Waals surface area contributed by atoms with E-state index in [4.69, 9.17) is 0 Å². The summed E-state index contributed by atoms with van der Waals surface area (Å²) in [5, 5.41) is 6.40. The number of halogens is 2. The normalized spacial score (nSPS) is 24.5. The summed E-state index contributed by atoms with van der Waals surface area (Å²) in [6.45, 7) is 6.83. The third-order valence-electron chi connectivity index (χ3n) is 4.27. The first-order valence-corrected chi connectivity index (χ1v) is 7.90. The molecule has 4 nitrogen and oxygen atoms in total. The number of rotatable bonds is 3. The van der Waals surface area contributed by atoms with Crippen molar-refractivity contribution in [1.29, 1.82) is 0 Å². The zero-order valence-electron chi connectivity index (χ0n) is 12.1. The van der Waals surface area contributed by atoms with Crippen LogP contribution in [0.4, 0.5) is 5.69 Å². The van der Waals surface area contributed by atoms with Crippen molar-refractivity contribution >= 4 is 39.9 Å². The van der Waals surface area contributed by atoms with Gasteiger partial charge in [0.25, 0.3) is 0 Å². The molecular weight excluding hydrogens is 354 g/mol. The summed E-state index contributed by atoms with van der Waals surface area (Å²) in [4.78, 5) is 14.4. The molecule has 0 aromatic heterocycles. The van der Waals surface area contributed by atoms with Crippen LogP contribution in [0, 0.1) is 18.8 Å². The highest BCUT2D eigenvalue weighted by Gasteiger charge is 2.36. The number of anilines is 1. The van der Waals surface area contributed by atoms with Crippen LogP contribution in [-0.2, 0) is 4.79 Å². The maximum atomic E-state index is 12.1. The van der Waals surface area contributed by atoms with Gasteiger partial charge in [-0.1, -0.05) is 15.9 Å². The van der Waals surface area contributed by atoms with E-state index in [1.807, 2.05) is 25.1 Å². The van der Waals surface area contributed by atoms with Crippen molar-refractivity contribution in [1.82, 2.24) is 10.2 Å². The minimum absolute atomic E-state index is 0. The zero-order valence-corrected chi connectivity index (χ0v) is 14.5. The second-order valence-corrected chi connectivity index (χ2v) is 6.74. The second kappa shape index (κ2) is 7.09. The van der Waals surface area contributed by atoms with E-state index < -0.39 is 0 Å². The third-order valence-corrected chi connectivity index (χ3v) is 5.16. The van der Waals surface area contributed by atoms with Gasteiger partial charge in [0, 0.05) is 23.2 Å². The fourth-order valence-corrected chi connectivity index (χ4v) is 3.45. The summed E-state index contributed by atoms with van der Waals surface area (Å²) in [6, 6.07) is 5.89. The maximum absolute atomic E-state index is 12.1. The molecule has 1 amide bonds. The lowest BCUT2D eigenvalue weighted by Crippen LogP contribution is -2.33. The summed E-state index contributed by atoms with van der Waals surface area (Å²) in [7, 11) is 0. The van der Waals surface area contributed by atoms with E-state index in [2.05, 4.69) is 31.5 Å². The highest BCUT2D eigenvalue weighted by molar-refractivity contribution is 9.10. The minimum Gasteiger partial charge on any atom is -0.325 e. The number of nitrogens with zero attached hydrogens (tertiary/aromatic N) is 1. The molecule has 0 saturated carbocycles. The fourth-order valence-electron chi connectivity index (χ4n) is 3.21. The molecule has 0 spiro atoms. The molecule has 2 aliphatic rings. The lowest BCUT2D eigenvalue weighted by Gasteiger charge is -2.16. The standard InChI is InChI=1S/C15H20BrN3O.ClH/c1-10-4-13(2-3-14(10)16)18-15(20)9-19-7-11-5-17-6-12(11)8-19;/h2-4,11-12,17H,5-9H2,1H3,(H,18,20);1H/t11-,12+;. The molecule has 2 aliphatic heterocycles. The van der Waals surface area contributed by atoms with Crippen LogP contribution in [0.5, 0.6) is 0 Å². The first-order chi connectivity index (χ1) is 9.61. The van der Waals surface area contributed by atoms with Crippen LogP contribution < -0.4 is 10.6 Å². The molecule has 0 bridgehead atoms. The van der Waals surface area contributed by atoms with Gasteiger partial charge in [-0.3, -0.25) is 9.69 Å². The van der Waals surface area contributed by atoms with Gasteiger partial charge in [-0.2, -0.15) is 0 Å². The third kappa shape index (κ3) is 3.97. The number of carbonyl (C=O) groups is 1. The predicted octanol–water partition coefficient (Wildman–Crippen LogP) is 2.27. The van der Waals surface area contributed by atoms with Gasteiger partial charge in [-0.25, -0.2) is 0 Å². The molecule has 2 N–H and O–H groups in total. The highest BCUT2D eigenvalue weighted by Crippen LogP contribution is 2.26. The minimum atomic E-state index is 0. The maximum Gasteiger partial charge on any atom is 0.238 e. The van der Waals surface area contributed by atoms with Gasteiger partial charge in [-0.15, -0.1) is 12.4 Å². The Morgan fingerprint density at radius 2 is 2.05 bits per heavy atom. The lowest BCUT2D eigenvalue weighted by atomic mass is 10.0. The molecule has 1 aromatic carbocycles. The van der Waals surface area contributed by atoms with Gasteiger partial charge in [0.2, 0.25) is 5.91 Å². The monoisotopic (exact) mass is 373 g/mol. The largest absolute Gasteiger partial charge is 0.325 e. The van der Waals surface area contributed by atoms with Gasteiger partial charge in [-0.05, 0) is 55.6 Å². The van der Waals surface area contributed by atoms with E-state index in [9.17, 15) is 4.79 Å². The Bertz CT molecular complexity index is 514. The van der Waals surface area contributed by atoms with Crippen molar-refractivity contribution in [3.05, 3.63) is 28.2 Å². The molecule has 2 atom stereocenters. The van der Waals surface area contributed by atoms with Gasteiger partial charge >= 0.3 is 0 Å². The Kier molecular flexibility index (Phi) is 5.66. The lowest BCUT2D eigenvalue weighted by molar-refractivity contribution is -0.117. The summed E-state index contributed by atoms with van der Waals surface area (Å²) in [5.41, 5.74) is 2.00. The zero-order chi connectivity index (χ0) is 14.1. The molecule has 0 radical (unpaired) electrons. The number of aryl methyl sites for hydroxylation is 1. The van der Waals surface area contributed by atoms with Crippen molar-refractivity contribution in [2.24, 2.45) is 11.8 Å².